The van der Waals surface area contributed by atoms with Crippen LogP contribution in [0.3, 0.4) is 0 Å². The standard InChI is InChI=1S/C14H12N4O3/c1-15-10-4-2-9(3-5-10)14-16-12-7-6-11(18(20)21)8-13(12)17(14)19/h2-8,15,19H,1H3. The summed E-state index contributed by atoms with van der Waals surface area (Å²) in [6.07, 6.45) is 0. The van der Waals surface area contributed by atoms with Gasteiger partial charge in [-0.15, -0.1) is 0 Å². The Morgan fingerprint density at radius 3 is 2.57 bits per heavy atom. The van der Waals surface area contributed by atoms with Gasteiger partial charge in [0.2, 0.25) is 0 Å². The number of nitrogens with zero attached hydrogens (tertiary/aromatic N) is 3. The van der Waals surface area contributed by atoms with Crippen LogP contribution < -0.4 is 5.32 Å². The molecule has 7 nitrogen and oxygen atoms in total. The van der Waals surface area contributed by atoms with Crippen LogP contribution in [0.5, 0.6) is 0 Å². The maximum atomic E-state index is 10.8. The van der Waals surface area contributed by atoms with Gasteiger partial charge in [0.25, 0.3) is 5.69 Å². The van der Waals surface area contributed by atoms with Gasteiger partial charge in [0.05, 0.1) is 10.4 Å². The van der Waals surface area contributed by atoms with Crippen LogP contribution >= 0.6 is 0 Å². The molecule has 0 aliphatic rings. The molecule has 0 bridgehead atoms. The first-order chi connectivity index (χ1) is 10.1. The van der Waals surface area contributed by atoms with Crippen LogP contribution in [0.2, 0.25) is 0 Å². The number of rotatable bonds is 3. The van der Waals surface area contributed by atoms with Gasteiger partial charge in [-0.2, -0.15) is 4.73 Å². The van der Waals surface area contributed by atoms with E-state index in [0.717, 1.165) is 16.0 Å². The quantitative estimate of drug-likeness (QED) is 0.438. The van der Waals surface area contributed by atoms with Gasteiger partial charge in [-0.05, 0) is 30.3 Å². The number of hydrogen-bond acceptors (Lipinski definition) is 5. The maximum absolute atomic E-state index is 10.8. The molecule has 2 N–H and O–H groups in total. The fraction of sp³-hybridized carbons (Fsp3) is 0.0714. The highest BCUT2D eigenvalue weighted by atomic mass is 16.6. The number of nitrogens with one attached hydrogen (secondary N) is 1. The van der Waals surface area contributed by atoms with Crippen molar-refractivity contribution in [1.29, 1.82) is 0 Å². The maximum Gasteiger partial charge on any atom is 0.271 e. The summed E-state index contributed by atoms with van der Waals surface area (Å²) in [7, 11) is 1.81. The molecule has 1 aromatic heterocycles. The van der Waals surface area contributed by atoms with Gasteiger partial charge in [0.1, 0.15) is 5.52 Å². The number of fused-ring (bicyclic) bond motifs is 1. The van der Waals surface area contributed by atoms with E-state index in [2.05, 4.69) is 10.3 Å². The van der Waals surface area contributed by atoms with Crippen molar-refractivity contribution in [2.75, 3.05) is 12.4 Å². The zero-order valence-corrected chi connectivity index (χ0v) is 11.1. The second-order valence-corrected chi connectivity index (χ2v) is 4.50. The Balaban J connectivity index is 2.14. The molecule has 0 atom stereocenters. The summed E-state index contributed by atoms with van der Waals surface area (Å²) >= 11 is 0. The molecule has 0 aliphatic carbocycles. The third kappa shape index (κ3) is 2.14. The number of imidazole rings is 1. The Kier molecular flexibility index (Phi) is 2.94. The number of aromatic nitrogens is 2. The highest BCUT2D eigenvalue weighted by molar-refractivity contribution is 5.82. The summed E-state index contributed by atoms with van der Waals surface area (Å²) in [6, 6.07) is 11.5. The second kappa shape index (κ2) is 4.78. The van der Waals surface area contributed by atoms with Crippen LogP contribution in [0.1, 0.15) is 0 Å². The van der Waals surface area contributed by atoms with Crippen molar-refractivity contribution >= 4 is 22.4 Å². The topological polar surface area (TPSA) is 93.2 Å². The van der Waals surface area contributed by atoms with Gasteiger partial charge >= 0.3 is 0 Å². The molecule has 0 spiro atoms. The zero-order chi connectivity index (χ0) is 15.0. The number of nitro groups is 1. The number of non-ortho nitro benzene ring substituents is 1. The third-order valence-corrected chi connectivity index (χ3v) is 3.26. The highest BCUT2D eigenvalue weighted by Gasteiger charge is 2.15. The molecule has 0 amide bonds. The van der Waals surface area contributed by atoms with Crippen LogP contribution in [0, 0.1) is 10.1 Å². The second-order valence-electron chi connectivity index (χ2n) is 4.50. The minimum atomic E-state index is -0.506. The molecule has 7 heteroatoms. The minimum Gasteiger partial charge on any atom is -0.426 e. The predicted octanol–water partition coefficient (Wildman–Crippen LogP) is 2.89. The lowest BCUT2D eigenvalue weighted by Gasteiger charge is -2.03. The lowest BCUT2D eigenvalue weighted by atomic mass is 10.2. The fourth-order valence-electron chi connectivity index (χ4n) is 2.14. The van der Waals surface area contributed by atoms with Gasteiger partial charge in [-0.1, -0.05) is 0 Å². The van der Waals surface area contributed by atoms with E-state index in [9.17, 15) is 15.3 Å². The first kappa shape index (κ1) is 12.9. The molecule has 0 saturated heterocycles. The largest absolute Gasteiger partial charge is 0.426 e. The van der Waals surface area contributed by atoms with Crippen LogP contribution in [0.15, 0.2) is 42.5 Å². The normalized spacial score (nSPS) is 10.7. The van der Waals surface area contributed by atoms with Gasteiger partial charge in [-0.25, -0.2) is 4.98 Å². The van der Waals surface area contributed by atoms with E-state index in [1.807, 2.05) is 31.3 Å². The smallest absolute Gasteiger partial charge is 0.271 e. The first-order valence-electron chi connectivity index (χ1n) is 6.24. The Morgan fingerprint density at radius 2 is 1.95 bits per heavy atom. The van der Waals surface area contributed by atoms with Gasteiger partial charge in [-0.3, -0.25) is 10.1 Å². The van der Waals surface area contributed by atoms with E-state index < -0.39 is 4.92 Å². The molecule has 0 radical (unpaired) electrons. The monoisotopic (exact) mass is 284 g/mol. The molecule has 0 saturated carbocycles. The molecule has 3 rings (SSSR count). The van der Waals surface area contributed by atoms with Crippen molar-refractivity contribution in [1.82, 2.24) is 9.71 Å². The van der Waals surface area contributed by atoms with E-state index in [-0.39, 0.29) is 5.69 Å². The number of hydrogen-bond donors (Lipinski definition) is 2. The van der Waals surface area contributed by atoms with E-state index in [1.54, 1.807) is 0 Å². The molecular formula is C14H12N4O3. The van der Waals surface area contributed by atoms with Crippen molar-refractivity contribution in [3.63, 3.8) is 0 Å². The number of anilines is 1. The third-order valence-electron chi connectivity index (χ3n) is 3.26. The summed E-state index contributed by atoms with van der Waals surface area (Å²) in [5, 5.41) is 24.0. The van der Waals surface area contributed by atoms with E-state index >= 15 is 0 Å². The van der Waals surface area contributed by atoms with Crippen molar-refractivity contribution in [3.8, 4) is 11.4 Å². The van der Waals surface area contributed by atoms with E-state index in [4.69, 9.17) is 0 Å². The molecule has 106 valence electrons. The van der Waals surface area contributed by atoms with Crippen molar-refractivity contribution < 1.29 is 10.1 Å². The molecule has 0 unspecified atom stereocenters. The fourth-order valence-corrected chi connectivity index (χ4v) is 2.14. The molecule has 3 aromatic rings. The van der Waals surface area contributed by atoms with Crippen LogP contribution in [-0.4, -0.2) is 26.9 Å². The molecule has 0 fully saturated rings. The number of nitro benzene ring substituents is 1. The Hall–Kier alpha value is -3.09. The van der Waals surface area contributed by atoms with Gasteiger partial charge in [0, 0.05) is 30.4 Å². The molecule has 21 heavy (non-hydrogen) atoms. The van der Waals surface area contributed by atoms with Crippen molar-refractivity contribution in [2.45, 2.75) is 0 Å². The van der Waals surface area contributed by atoms with E-state index in [1.165, 1.54) is 18.2 Å². The molecule has 1 heterocycles. The first-order valence-corrected chi connectivity index (χ1v) is 6.24. The predicted molar refractivity (Wildman–Crippen MR) is 78.6 cm³/mol. The Morgan fingerprint density at radius 1 is 1.24 bits per heavy atom. The van der Waals surface area contributed by atoms with Crippen LogP contribution in [0.4, 0.5) is 11.4 Å². The SMILES string of the molecule is CNc1ccc(-c2nc3ccc([N+](=O)[O-])cc3n2O)cc1. The highest BCUT2D eigenvalue weighted by Crippen LogP contribution is 2.27. The molecule has 0 aliphatic heterocycles. The van der Waals surface area contributed by atoms with Crippen LogP contribution in [0.25, 0.3) is 22.4 Å². The molecule has 2 aromatic carbocycles. The average molecular weight is 284 g/mol. The van der Waals surface area contributed by atoms with Gasteiger partial charge in [0.15, 0.2) is 5.82 Å². The lowest BCUT2D eigenvalue weighted by Crippen LogP contribution is -1.95. The minimum absolute atomic E-state index is 0.0882. The summed E-state index contributed by atoms with van der Waals surface area (Å²) in [5.41, 5.74) is 2.37. The summed E-state index contributed by atoms with van der Waals surface area (Å²) < 4.78 is 0.872. The van der Waals surface area contributed by atoms with Crippen LogP contribution in [-0.2, 0) is 0 Å². The van der Waals surface area contributed by atoms with Crippen molar-refractivity contribution in [3.05, 3.63) is 52.6 Å². The van der Waals surface area contributed by atoms with Crippen molar-refractivity contribution in [2.24, 2.45) is 0 Å². The molecular weight excluding hydrogens is 272 g/mol. The average Bonchev–Trinajstić information content (AvgIpc) is 2.84. The Bertz CT molecular complexity index is 824. The zero-order valence-electron chi connectivity index (χ0n) is 11.1. The summed E-state index contributed by atoms with van der Waals surface area (Å²) in [4.78, 5) is 14.6. The lowest BCUT2D eigenvalue weighted by molar-refractivity contribution is -0.384. The summed E-state index contributed by atoms with van der Waals surface area (Å²) in [5.74, 6) is 0.341. The summed E-state index contributed by atoms with van der Waals surface area (Å²) in [6.45, 7) is 0. The van der Waals surface area contributed by atoms with Gasteiger partial charge < -0.3 is 10.5 Å². The van der Waals surface area contributed by atoms with E-state index in [0.29, 0.717) is 16.9 Å². The Labute approximate surface area is 119 Å². The number of benzene rings is 2.